The molecule has 0 bridgehead atoms. The van der Waals surface area contributed by atoms with Gasteiger partial charge in [-0.3, -0.25) is 0 Å². The van der Waals surface area contributed by atoms with Crippen molar-refractivity contribution in [3.63, 3.8) is 0 Å². The number of hydrogen-bond acceptors (Lipinski definition) is 2. The lowest BCUT2D eigenvalue weighted by atomic mass is 9.68. The Morgan fingerprint density at radius 2 is 2.07 bits per heavy atom. The van der Waals surface area contributed by atoms with Crippen LogP contribution in [0.4, 0.5) is 0 Å². The predicted octanol–water partition coefficient (Wildman–Crippen LogP) is 2.23. The molecule has 2 N–H and O–H groups in total. The molecule has 15 heavy (non-hydrogen) atoms. The Kier molecular flexibility index (Phi) is 3.17. The molecule has 1 saturated carbocycles. The standard InChI is InChI=1S/C13H23NO/c1-3-8-13(15)9-10(2)14-12-7-5-4-6-11(12)13/h3,8,10-12,14-15H,4-7,9H2,1-2H3/b8-3+/t10-,11?,12?,13-/m0/s1. The molecule has 2 nitrogen and oxygen atoms in total. The third kappa shape index (κ3) is 2.11. The summed E-state index contributed by atoms with van der Waals surface area (Å²) in [6.45, 7) is 4.18. The fourth-order valence-electron chi connectivity index (χ4n) is 3.48. The Morgan fingerprint density at radius 3 is 2.80 bits per heavy atom. The molecule has 1 saturated heterocycles. The minimum absolute atomic E-state index is 0.429. The van der Waals surface area contributed by atoms with Crippen LogP contribution in [0.25, 0.3) is 0 Å². The molecule has 2 rings (SSSR count). The molecule has 2 aliphatic rings. The van der Waals surface area contributed by atoms with Crippen molar-refractivity contribution < 1.29 is 5.11 Å². The Bertz CT molecular complexity index is 251. The zero-order valence-corrected chi connectivity index (χ0v) is 9.87. The SMILES string of the molecule is C/C=C/[C@]1(O)C[C@H](C)NC2CCCCC21. The van der Waals surface area contributed by atoms with E-state index in [0.29, 0.717) is 18.0 Å². The Morgan fingerprint density at radius 1 is 1.33 bits per heavy atom. The van der Waals surface area contributed by atoms with Gasteiger partial charge in [0.15, 0.2) is 0 Å². The predicted molar refractivity (Wildman–Crippen MR) is 62.7 cm³/mol. The normalized spacial score (nSPS) is 46.7. The maximum absolute atomic E-state index is 10.7. The van der Waals surface area contributed by atoms with Crippen LogP contribution in [0.1, 0.15) is 46.0 Å². The molecule has 4 atom stereocenters. The van der Waals surface area contributed by atoms with Gasteiger partial charge < -0.3 is 10.4 Å². The Hall–Kier alpha value is -0.340. The van der Waals surface area contributed by atoms with Crippen molar-refractivity contribution in [1.29, 1.82) is 0 Å². The minimum atomic E-state index is -0.551. The molecule has 1 heterocycles. The van der Waals surface area contributed by atoms with Crippen LogP contribution in [0.5, 0.6) is 0 Å². The number of aliphatic hydroxyl groups is 1. The van der Waals surface area contributed by atoms with Crippen LogP contribution in [0.15, 0.2) is 12.2 Å². The van der Waals surface area contributed by atoms with Gasteiger partial charge in [0.1, 0.15) is 0 Å². The van der Waals surface area contributed by atoms with E-state index < -0.39 is 5.60 Å². The lowest BCUT2D eigenvalue weighted by Gasteiger charge is -2.48. The number of rotatable bonds is 1. The number of hydrogen-bond donors (Lipinski definition) is 2. The fraction of sp³-hybridized carbons (Fsp3) is 0.846. The van der Waals surface area contributed by atoms with Gasteiger partial charge >= 0.3 is 0 Å². The van der Waals surface area contributed by atoms with E-state index in [4.69, 9.17) is 0 Å². The van der Waals surface area contributed by atoms with E-state index in [2.05, 4.69) is 12.2 Å². The quantitative estimate of drug-likeness (QED) is 0.649. The first-order valence-corrected chi connectivity index (χ1v) is 6.28. The Labute approximate surface area is 92.8 Å². The van der Waals surface area contributed by atoms with Crippen LogP contribution >= 0.6 is 0 Å². The van der Waals surface area contributed by atoms with Crippen molar-refractivity contribution in [2.45, 2.75) is 63.6 Å². The third-order valence-electron chi connectivity index (χ3n) is 4.00. The molecule has 86 valence electrons. The van der Waals surface area contributed by atoms with Crippen molar-refractivity contribution in [2.75, 3.05) is 0 Å². The molecule has 2 unspecified atom stereocenters. The van der Waals surface area contributed by atoms with Crippen molar-refractivity contribution in [1.82, 2.24) is 5.32 Å². The highest BCUT2D eigenvalue weighted by molar-refractivity contribution is 5.11. The molecule has 0 aromatic carbocycles. The van der Waals surface area contributed by atoms with Gasteiger partial charge in [0.05, 0.1) is 5.60 Å². The lowest BCUT2D eigenvalue weighted by molar-refractivity contribution is -0.0462. The van der Waals surface area contributed by atoms with Crippen LogP contribution in [-0.4, -0.2) is 22.8 Å². The summed E-state index contributed by atoms with van der Waals surface area (Å²) in [4.78, 5) is 0. The summed E-state index contributed by atoms with van der Waals surface area (Å²) in [7, 11) is 0. The fourth-order valence-corrected chi connectivity index (χ4v) is 3.48. The second-order valence-electron chi connectivity index (χ2n) is 5.26. The molecule has 0 spiro atoms. The van der Waals surface area contributed by atoms with E-state index >= 15 is 0 Å². The second-order valence-corrected chi connectivity index (χ2v) is 5.26. The first-order chi connectivity index (χ1) is 7.15. The topological polar surface area (TPSA) is 32.3 Å². The average Bonchev–Trinajstić information content (AvgIpc) is 2.17. The lowest BCUT2D eigenvalue weighted by Crippen LogP contribution is -2.59. The van der Waals surface area contributed by atoms with Crippen LogP contribution in [0, 0.1) is 5.92 Å². The molecular formula is C13H23NO. The smallest absolute Gasteiger partial charge is 0.0885 e. The van der Waals surface area contributed by atoms with Gasteiger partial charge in [-0.15, -0.1) is 0 Å². The van der Waals surface area contributed by atoms with Gasteiger partial charge in [-0.1, -0.05) is 25.0 Å². The van der Waals surface area contributed by atoms with E-state index in [-0.39, 0.29) is 0 Å². The van der Waals surface area contributed by atoms with Crippen molar-refractivity contribution >= 4 is 0 Å². The monoisotopic (exact) mass is 209 g/mol. The van der Waals surface area contributed by atoms with Crippen molar-refractivity contribution in [2.24, 2.45) is 5.92 Å². The van der Waals surface area contributed by atoms with Gasteiger partial charge in [0.2, 0.25) is 0 Å². The highest BCUT2D eigenvalue weighted by Crippen LogP contribution is 2.40. The van der Waals surface area contributed by atoms with E-state index in [0.717, 1.165) is 6.42 Å². The largest absolute Gasteiger partial charge is 0.385 e. The van der Waals surface area contributed by atoms with E-state index in [1.165, 1.54) is 25.7 Å². The van der Waals surface area contributed by atoms with Gasteiger partial charge in [-0.05, 0) is 33.1 Å². The summed E-state index contributed by atoms with van der Waals surface area (Å²) in [6.07, 6.45) is 9.87. The maximum atomic E-state index is 10.7. The van der Waals surface area contributed by atoms with Gasteiger partial charge in [-0.25, -0.2) is 0 Å². The van der Waals surface area contributed by atoms with Crippen LogP contribution in [0.3, 0.4) is 0 Å². The highest BCUT2D eigenvalue weighted by atomic mass is 16.3. The average molecular weight is 209 g/mol. The molecular weight excluding hydrogens is 186 g/mol. The first-order valence-electron chi connectivity index (χ1n) is 6.28. The van der Waals surface area contributed by atoms with Gasteiger partial charge in [0.25, 0.3) is 0 Å². The van der Waals surface area contributed by atoms with Crippen LogP contribution in [0.2, 0.25) is 0 Å². The summed E-state index contributed by atoms with van der Waals surface area (Å²) in [5.74, 6) is 0.429. The third-order valence-corrected chi connectivity index (χ3v) is 4.00. The summed E-state index contributed by atoms with van der Waals surface area (Å²) in [5.41, 5.74) is -0.551. The van der Waals surface area contributed by atoms with E-state index in [9.17, 15) is 5.11 Å². The number of allylic oxidation sites excluding steroid dienone is 1. The zero-order valence-electron chi connectivity index (χ0n) is 9.87. The second kappa shape index (κ2) is 4.26. The molecule has 1 aliphatic heterocycles. The summed E-state index contributed by atoms with van der Waals surface area (Å²) < 4.78 is 0. The van der Waals surface area contributed by atoms with E-state index in [1.807, 2.05) is 19.1 Å². The highest BCUT2D eigenvalue weighted by Gasteiger charge is 2.45. The number of nitrogens with one attached hydrogen (secondary N) is 1. The minimum Gasteiger partial charge on any atom is -0.385 e. The molecule has 1 aliphatic carbocycles. The molecule has 2 fully saturated rings. The van der Waals surface area contributed by atoms with Crippen LogP contribution < -0.4 is 5.32 Å². The molecule has 0 radical (unpaired) electrons. The van der Waals surface area contributed by atoms with E-state index in [1.54, 1.807) is 0 Å². The summed E-state index contributed by atoms with van der Waals surface area (Å²) in [6, 6.07) is 0.967. The number of fused-ring (bicyclic) bond motifs is 1. The molecule has 0 amide bonds. The Balaban J connectivity index is 2.20. The van der Waals surface area contributed by atoms with Crippen molar-refractivity contribution in [3.8, 4) is 0 Å². The van der Waals surface area contributed by atoms with Gasteiger partial charge in [-0.2, -0.15) is 0 Å². The summed E-state index contributed by atoms with van der Waals surface area (Å²) in [5, 5.41) is 14.3. The number of piperidine rings is 1. The maximum Gasteiger partial charge on any atom is 0.0885 e. The zero-order chi connectivity index (χ0) is 10.9. The molecule has 2 heteroatoms. The van der Waals surface area contributed by atoms with Crippen molar-refractivity contribution in [3.05, 3.63) is 12.2 Å². The first kappa shape index (κ1) is 11.2. The summed E-state index contributed by atoms with van der Waals surface area (Å²) >= 11 is 0. The molecule has 0 aromatic heterocycles. The van der Waals surface area contributed by atoms with Crippen LogP contribution in [-0.2, 0) is 0 Å². The molecule has 0 aromatic rings. The van der Waals surface area contributed by atoms with Gasteiger partial charge in [0, 0.05) is 18.0 Å².